The summed E-state index contributed by atoms with van der Waals surface area (Å²) in [5, 5.41) is 0. The van der Waals surface area contributed by atoms with Gasteiger partial charge in [0.05, 0.1) is 0 Å². The number of anilines is 1. The van der Waals surface area contributed by atoms with E-state index in [1.165, 1.54) is 6.07 Å². The predicted molar refractivity (Wildman–Crippen MR) is 65.3 cm³/mol. The Bertz CT molecular complexity index is 494. The zero-order valence-electron chi connectivity index (χ0n) is 10.2. The van der Waals surface area contributed by atoms with Gasteiger partial charge in [0.1, 0.15) is 5.82 Å². The summed E-state index contributed by atoms with van der Waals surface area (Å²) in [5.74, 6) is -0.425. The van der Waals surface area contributed by atoms with E-state index >= 15 is 0 Å². The molecular formula is C13H14F4N2. The van der Waals surface area contributed by atoms with Gasteiger partial charge in [0, 0.05) is 36.5 Å². The van der Waals surface area contributed by atoms with Crippen LogP contribution >= 0.6 is 0 Å². The standard InChI is InChI=1S/C13H14F4N2/c14-12-7-11(2-1-9(12)8-18)19-5-3-10(4-6-19)13(15,16)17/h1-3,7H,4-6,8,18H2. The number of benzene rings is 1. The summed E-state index contributed by atoms with van der Waals surface area (Å²) in [6.07, 6.45) is -3.19. The molecule has 0 radical (unpaired) electrons. The quantitative estimate of drug-likeness (QED) is 0.663. The number of alkyl halides is 3. The summed E-state index contributed by atoms with van der Waals surface area (Å²) in [6.45, 7) is 0.466. The van der Waals surface area contributed by atoms with E-state index in [0.717, 1.165) is 6.08 Å². The van der Waals surface area contributed by atoms with Crippen LogP contribution in [0.3, 0.4) is 0 Å². The Kier molecular flexibility index (Phi) is 3.80. The summed E-state index contributed by atoms with van der Waals surface area (Å²) < 4.78 is 51.0. The first-order chi connectivity index (χ1) is 8.91. The first-order valence-electron chi connectivity index (χ1n) is 5.91. The summed E-state index contributed by atoms with van der Waals surface area (Å²) in [7, 11) is 0. The number of hydrogen-bond donors (Lipinski definition) is 1. The highest BCUT2D eigenvalue weighted by molar-refractivity contribution is 5.50. The van der Waals surface area contributed by atoms with E-state index in [1.54, 1.807) is 17.0 Å². The van der Waals surface area contributed by atoms with Crippen molar-refractivity contribution in [1.29, 1.82) is 0 Å². The molecule has 6 heteroatoms. The van der Waals surface area contributed by atoms with Crippen molar-refractivity contribution in [3.8, 4) is 0 Å². The molecule has 1 aromatic carbocycles. The van der Waals surface area contributed by atoms with Crippen LogP contribution in [0.5, 0.6) is 0 Å². The summed E-state index contributed by atoms with van der Waals surface area (Å²) in [5.41, 5.74) is 5.82. The molecule has 1 aliphatic rings. The van der Waals surface area contributed by atoms with Crippen molar-refractivity contribution >= 4 is 5.69 Å². The Labute approximate surface area is 108 Å². The molecular weight excluding hydrogens is 260 g/mol. The van der Waals surface area contributed by atoms with Crippen LogP contribution in [0.15, 0.2) is 29.8 Å². The first-order valence-corrected chi connectivity index (χ1v) is 5.91. The lowest BCUT2D eigenvalue weighted by Crippen LogP contribution is -2.31. The van der Waals surface area contributed by atoms with Crippen LogP contribution in [0.25, 0.3) is 0 Å². The van der Waals surface area contributed by atoms with Crippen molar-refractivity contribution in [3.05, 3.63) is 41.2 Å². The van der Waals surface area contributed by atoms with Crippen molar-refractivity contribution in [2.24, 2.45) is 5.73 Å². The second-order valence-electron chi connectivity index (χ2n) is 4.40. The highest BCUT2D eigenvalue weighted by atomic mass is 19.4. The zero-order chi connectivity index (χ0) is 14.0. The Morgan fingerprint density at radius 2 is 2.00 bits per heavy atom. The Morgan fingerprint density at radius 1 is 1.26 bits per heavy atom. The fourth-order valence-electron chi connectivity index (χ4n) is 2.06. The van der Waals surface area contributed by atoms with Gasteiger partial charge in [-0.2, -0.15) is 13.2 Å². The highest BCUT2D eigenvalue weighted by Crippen LogP contribution is 2.31. The number of rotatable bonds is 2. The molecule has 2 N–H and O–H groups in total. The van der Waals surface area contributed by atoms with Crippen LogP contribution in [0, 0.1) is 5.82 Å². The van der Waals surface area contributed by atoms with Crippen molar-refractivity contribution < 1.29 is 17.6 Å². The van der Waals surface area contributed by atoms with E-state index in [1.807, 2.05) is 0 Å². The molecule has 0 amide bonds. The minimum Gasteiger partial charge on any atom is -0.367 e. The van der Waals surface area contributed by atoms with Crippen LogP contribution in [-0.4, -0.2) is 19.3 Å². The van der Waals surface area contributed by atoms with Crippen LogP contribution in [0.4, 0.5) is 23.2 Å². The minimum atomic E-state index is -4.26. The molecule has 0 bridgehead atoms. The van der Waals surface area contributed by atoms with E-state index in [9.17, 15) is 17.6 Å². The van der Waals surface area contributed by atoms with Gasteiger partial charge in [-0.1, -0.05) is 12.1 Å². The maximum absolute atomic E-state index is 13.6. The van der Waals surface area contributed by atoms with Gasteiger partial charge in [-0.3, -0.25) is 0 Å². The predicted octanol–water partition coefficient (Wildman–Crippen LogP) is 2.98. The molecule has 2 rings (SSSR count). The SMILES string of the molecule is NCc1ccc(N2CC=C(C(F)(F)F)CC2)cc1F. The van der Waals surface area contributed by atoms with Gasteiger partial charge >= 0.3 is 6.18 Å². The summed E-state index contributed by atoms with van der Waals surface area (Å²) in [4.78, 5) is 1.71. The molecule has 104 valence electrons. The van der Waals surface area contributed by atoms with E-state index < -0.39 is 17.6 Å². The van der Waals surface area contributed by atoms with E-state index in [0.29, 0.717) is 11.3 Å². The Morgan fingerprint density at radius 3 is 2.47 bits per heavy atom. The van der Waals surface area contributed by atoms with Crippen LogP contribution in [0.2, 0.25) is 0 Å². The average Bonchev–Trinajstić information content (AvgIpc) is 2.38. The molecule has 1 aromatic rings. The van der Waals surface area contributed by atoms with Crippen molar-refractivity contribution in [2.45, 2.75) is 19.1 Å². The first kappa shape index (κ1) is 13.9. The lowest BCUT2D eigenvalue weighted by Gasteiger charge is -2.29. The number of hydrogen-bond acceptors (Lipinski definition) is 2. The van der Waals surface area contributed by atoms with Gasteiger partial charge in [0.15, 0.2) is 0 Å². The fourth-order valence-corrected chi connectivity index (χ4v) is 2.06. The maximum Gasteiger partial charge on any atom is 0.412 e. The Balaban J connectivity index is 2.14. The Hall–Kier alpha value is -1.56. The van der Waals surface area contributed by atoms with E-state index in [2.05, 4.69) is 0 Å². The summed E-state index contributed by atoms with van der Waals surface area (Å²) >= 11 is 0. The molecule has 0 aromatic heterocycles. The minimum absolute atomic E-state index is 0.0796. The molecule has 0 saturated carbocycles. The number of nitrogens with zero attached hydrogens (tertiary/aromatic N) is 1. The van der Waals surface area contributed by atoms with Gasteiger partial charge in [-0.05, 0) is 18.6 Å². The third-order valence-corrected chi connectivity index (χ3v) is 3.19. The molecule has 0 saturated heterocycles. The van der Waals surface area contributed by atoms with Crippen molar-refractivity contribution in [2.75, 3.05) is 18.0 Å². The zero-order valence-corrected chi connectivity index (χ0v) is 10.2. The van der Waals surface area contributed by atoms with Crippen molar-refractivity contribution in [3.63, 3.8) is 0 Å². The molecule has 2 nitrogen and oxygen atoms in total. The molecule has 1 heterocycles. The summed E-state index contributed by atoms with van der Waals surface area (Å²) in [6, 6.07) is 4.56. The van der Waals surface area contributed by atoms with Gasteiger partial charge in [-0.25, -0.2) is 4.39 Å². The van der Waals surface area contributed by atoms with Gasteiger partial charge in [-0.15, -0.1) is 0 Å². The average molecular weight is 274 g/mol. The largest absolute Gasteiger partial charge is 0.412 e. The van der Waals surface area contributed by atoms with E-state index in [-0.39, 0.29) is 26.1 Å². The second-order valence-corrected chi connectivity index (χ2v) is 4.40. The maximum atomic E-state index is 13.6. The van der Waals surface area contributed by atoms with Crippen molar-refractivity contribution in [1.82, 2.24) is 0 Å². The van der Waals surface area contributed by atoms with Crippen LogP contribution in [-0.2, 0) is 6.54 Å². The van der Waals surface area contributed by atoms with Gasteiger partial charge < -0.3 is 10.6 Å². The molecule has 0 fully saturated rings. The number of nitrogens with two attached hydrogens (primary N) is 1. The van der Waals surface area contributed by atoms with Gasteiger partial charge in [0.25, 0.3) is 0 Å². The monoisotopic (exact) mass is 274 g/mol. The topological polar surface area (TPSA) is 29.3 Å². The van der Waals surface area contributed by atoms with Crippen LogP contribution in [0.1, 0.15) is 12.0 Å². The fraction of sp³-hybridized carbons (Fsp3) is 0.385. The normalized spacial score (nSPS) is 16.5. The van der Waals surface area contributed by atoms with Gasteiger partial charge in [0.2, 0.25) is 0 Å². The molecule has 0 atom stereocenters. The lowest BCUT2D eigenvalue weighted by atomic mass is 10.1. The van der Waals surface area contributed by atoms with Crippen LogP contribution < -0.4 is 10.6 Å². The molecule has 0 spiro atoms. The lowest BCUT2D eigenvalue weighted by molar-refractivity contribution is -0.0943. The molecule has 19 heavy (non-hydrogen) atoms. The number of halogens is 4. The third kappa shape index (κ3) is 3.07. The molecule has 0 unspecified atom stereocenters. The third-order valence-electron chi connectivity index (χ3n) is 3.19. The van der Waals surface area contributed by atoms with E-state index in [4.69, 9.17) is 5.73 Å². The second kappa shape index (κ2) is 5.21. The smallest absolute Gasteiger partial charge is 0.367 e. The highest BCUT2D eigenvalue weighted by Gasteiger charge is 2.34. The molecule has 1 aliphatic heterocycles. The molecule has 0 aliphatic carbocycles.